The maximum Gasteiger partial charge on any atom is 0.330 e. The van der Waals surface area contributed by atoms with Crippen LogP contribution in [0, 0.1) is 11.6 Å². The molecule has 4 amide bonds. The molecule has 3 N–H and O–H groups in total. The summed E-state index contributed by atoms with van der Waals surface area (Å²) in [6.45, 7) is 7.57. The van der Waals surface area contributed by atoms with Crippen molar-refractivity contribution in [2.45, 2.75) is 31.3 Å². The van der Waals surface area contributed by atoms with Gasteiger partial charge in [0.25, 0.3) is 0 Å². The molecule has 0 spiro atoms. The molecule has 2 atom stereocenters. The number of anilines is 2. The Labute approximate surface area is 319 Å². The van der Waals surface area contributed by atoms with Crippen LogP contribution >= 0.6 is 0 Å². The average Bonchev–Trinajstić information content (AvgIpc) is 3.16. The first-order valence-electron chi connectivity index (χ1n) is 17.1. The minimum absolute atomic E-state index is 0.0171. The number of methoxy groups -OCH3 is 2. The summed E-state index contributed by atoms with van der Waals surface area (Å²) >= 11 is 0. The summed E-state index contributed by atoms with van der Waals surface area (Å²) in [5, 5.41) is 2.47. The van der Waals surface area contributed by atoms with Crippen LogP contribution in [0.25, 0.3) is 0 Å². The van der Waals surface area contributed by atoms with Gasteiger partial charge >= 0.3 is 16.2 Å². The number of carbonyl (C=O) groups excluding carboxylic acids is 3. The molecule has 0 fully saturated rings. The summed E-state index contributed by atoms with van der Waals surface area (Å²) in [6, 6.07) is 20.1. The quantitative estimate of drug-likeness (QED) is 0.107. The van der Waals surface area contributed by atoms with E-state index in [9.17, 15) is 31.6 Å². The van der Waals surface area contributed by atoms with Crippen LogP contribution in [0.5, 0.6) is 11.5 Å². The van der Waals surface area contributed by atoms with Crippen LogP contribution in [0.3, 0.4) is 0 Å². The van der Waals surface area contributed by atoms with Crippen LogP contribution in [-0.2, 0) is 32.6 Å². The molecular weight excluding hydrogens is 733 g/mol. The first-order chi connectivity index (χ1) is 26.4. The Kier molecular flexibility index (Phi) is 15.1. The molecule has 0 heterocycles. The molecule has 0 aliphatic rings. The number of benzene rings is 4. The predicted molar refractivity (Wildman–Crippen MR) is 207 cm³/mol. The van der Waals surface area contributed by atoms with E-state index in [2.05, 4.69) is 23.2 Å². The first kappa shape index (κ1) is 41.7. The Morgan fingerprint density at radius 2 is 1.25 bits per heavy atom. The van der Waals surface area contributed by atoms with E-state index in [0.717, 1.165) is 12.1 Å². The number of ether oxygens (including phenoxy) is 2. The Morgan fingerprint density at radius 3 is 1.78 bits per heavy atom. The number of hydrogen-bond acceptors (Lipinski definition) is 7. The summed E-state index contributed by atoms with van der Waals surface area (Å²) in [4.78, 5) is 44.4. The van der Waals surface area contributed by atoms with Crippen LogP contribution in [0.1, 0.15) is 17.5 Å². The van der Waals surface area contributed by atoms with Crippen molar-refractivity contribution in [2.24, 2.45) is 0 Å². The lowest BCUT2D eigenvalue weighted by Crippen LogP contribution is -2.57. The Bertz CT molecular complexity index is 2030. The number of nitrogens with one attached hydrogen (secondary N) is 3. The van der Waals surface area contributed by atoms with Crippen molar-refractivity contribution in [1.29, 1.82) is 0 Å². The van der Waals surface area contributed by atoms with Crippen molar-refractivity contribution < 1.29 is 41.1 Å². The second-order valence-corrected chi connectivity index (χ2v) is 13.6. The highest BCUT2D eigenvalue weighted by atomic mass is 32.2. The van der Waals surface area contributed by atoms with Crippen molar-refractivity contribution >= 4 is 39.4 Å². The minimum Gasteiger partial charge on any atom is -0.497 e. The second kappa shape index (κ2) is 19.9. The second-order valence-electron chi connectivity index (χ2n) is 12.2. The molecule has 4 aromatic carbocycles. The van der Waals surface area contributed by atoms with Crippen molar-refractivity contribution in [3.63, 3.8) is 0 Å². The Hall–Kier alpha value is -6.06. The average molecular weight is 776 g/mol. The number of amides is 4. The lowest BCUT2D eigenvalue weighted by atomic mass is 10.0. The molecule has 55 heavy (non-hydrogen) atoms. The maximum atomic E-state index is 14.2. The minimum atomic E-state index is -4.89. The first-order valence-corrected chi connectivity index (χ1v) is 18.6. The summed E-state index contributed by atoms with van der Waals surface area (Å²) < 4.78 is 70.2. The van der Waals surface area contributed by atoms with Crippen LogP contribution in [-0.4, -0.2) is 65.7 Å². The number of halogens is 2. The highest BCUT2D eigenvalue weighted by Crippen LogP contribution is 2.23. The smallest absolute Gasteiger partial charge is 0.330 e. The molecule has 0 saturated heterocycles. The molecule has 15 heteroatoms. The van der Waals surface area contributed by atoms with Crippen LogP contribution in [0.4, 0.5) is 25.0 Å². The molecule has 0 unspecified atom stereocenters. The van der Waals surface area contributed by atoms with Gasteiger partial charge in [-0.15, -0.1) is 13.2 Å². The largest absolute Gasteiger partial charge is 0.497 e. The third kappa shape index (κ3) is 12.2. The lowest BCUT2D eigenvalue weighted by molar-refractivity contribution is -0.120. The summed E-state index contributed by atoms with van der Waals surface area (Å²) in [6.07, 6.45) is 2.86. The zero-order valence-electron chi connectivity index (χ0n) is 30.4. The fourth-order valence-corrected chi connectivity index (χ4v) is 6.58. The molecule has 4 aromatic rings. The fourth-order valence-electron chi connectivity index (χ4n) is 5.66. The van der Waals surface area contributed by atoms with Gasteiger partial charge in [-0.2, -0.15) is 13.1 Å². The van der Waals surface area contributed by atoms with Crippen LogP contribution in [0.2, 0.25) is 0 Å². The highest BCUT2D eigenvalue weighted by Gasteiger charge is 2.32. The van der Waals surface area contributed by atoms with Gasteiger partial charge in [0.1, 0.15) is 35.2 Å². The molecule has 0 bridgehead atoms. The lowest BCUT2D eigenvalue weighted by Gasteiger charge is -2.29. The van der Waals surface area contributed by atoms with Crippen LogP contribution < -0.4 is 34.0 Å². The standard InChI is InChI=1S/C40H43F2N5O7S/c1-5-7-22-47(33-15-19-35(54-4)20-16-33)39(49)37(26-29-23-30(41)27-31(42)24-29)44-55(51,52)45-40(50)43-36(25-28-11-9-8-10-12-28)38(48)46(21-6-2)32-13-17-34(53-3)18-14-32/h5-6,8-20,23-24,27,36-37,44H,1-2,7,21-22,25-26H2,3-4H3,(H2,43,45,50)/t36-,37-/m0/s1. The molecular formula is C40H43F2N5O7S. The maximum absolute atomic E-state index is 14.2. The highest BCUT2D eigenvalue weighted by molar-refractivity contribution is 7.88. The van der Waals surface area contributed by atoms with E-state index in [1.165, 1.54) is 30.1 Å². The van der Waals surface area contributed by atoms with Gasteiger partial charge < -0.3 is 24.6 Å². The van der Waals surface area contributed by atoms with Gasteiger partial charge in [-0.05, 0) is 84.6 Å². The third-order valence-electron chi connectivity index (χ3n) is 8.24. The summed E-state index contributed by atoms with van der Waals surface area (Å²) in [5.74, 6) is -2.18. The molecule has 0 aliphatic heterocycles. The number of hydrogen-bond donors (Lipinski definition) is 3. The van der Waals surface area contributed by atoms with Gasteiger partial charge in [-0.3, -0.25) is 9.59 Å². The van der Waals surface area contributed by atoms with E-state index < -0.39 is 58.2 Å². The Balaban J connectivity index is 1.63. The van der Waals surface area contributed by atoms with E-state index in [1.807, 2.05) is 4.72 Å². The van der Waals surface area contributed by atoms with Crippen LogP contribution in [0.15, 0.2) is 122 Å². The number of carbonyl (C=O) groups is 3. The third-order valence-corrected chi connectivity index (χ3v) is 9.29. The van der Waals surface area contributed by atoms with Gasteiger partial charge in [0.05, 0.1) is 14.2 Å². The topological polar surface area (TPSA) is 146 Å². The number of nitrogens with zero attached hydrogens (tertiary/aromatic N) is 2. The van der Waals surface area contributed by atoms with E-state index in [4.69, 9.17) is 9.47 Å². The molecule has 0 radical (unpaired) electrons. The zero-order chi connectivity index (χ0) is 40.0. The number of rotatable bonds is 19. The summed E-state index contributed by atoms with van der Waals surface area (Å²) in [7, 11) is -1.91. The van der Waals surface area contributed by atoms with Gasteiger partial charge in [0.15, 0.2) is 0 Å². The van der Waals surface area contributed by atoms with Gasteiger partial charge in [0, 0.05) is 37.0 Å². The van der Waals surface area contributed by atoms with Crippen molar-refractivity contribution in [1.82, 2.24) is 14.8 Å². The van der Waals surface area contributed by atoms with Gasteiger partial charge in [-0.25, -0.2) is 18.3 Å². The zero-order valence-corrected chi connectivity index (χ0v) is 31.2. The van der Waals surface area contributed by atoms with Gasteiger partial charge in [0.2, 0.25) is 11.8 Å². The predicted octanol–water partition coefficient (Wildman–Crippen LogP) is 5.47. The number of urea groups is 1. The SMILES string of the molecule is C=CCCN(C(=O)[C@H](Cc1cc(F)cc(F)c1)NS(=O)(=O)NC(=O)N[C@@H](Cc1ccccc1)C(=O)N(CC=C)c1ccc(OC)cc1)c1ccc(OC)cc1. The van der Waals surface area contributed by atoms with Crippen molar-refractivity contribution in [2.75, 3.05) is 37.1 Å². The normalized spacial score (nSPS) is 12.1. The molecule has 0 aliphatic carbocycles. The molecule has 4 rings (SSSR count). The van der Waals surface area contributed by atoms with E-state index in [1.54, 1.807) is 84.9 Å². The van der Waals surface area contributed by atoms with E-state index in [-0.39, 0.29) is 25.1 Å². The molecule has 290 valence electrons. The van der Waals surface area contributed by atoms with E-state index >= 15 is 0 Å². The molecule has 0 aromatic heterocycles. The van der Waals surface area contributed by atoms with E-state index in [0.29, 0.717) is 40.9 Å². The molecule has 12 nitrogen and oxygen atoms in total. The Morgan fingerprint density at radius 1 is 0.727 bits per heavy atom. The summed E-state index contributed by atoms with van der Waals surface area (Å²) in [5.41, 5.74) is 1.47. The molecule has 0 saturated carbocycles. The van der Waals surface area contributed by atoms with Crippen molar-refractivity contribution in [3.8, 4) is 11.5 Å². The van der Waals surface area contributed by atoms with Crippen molar-refractivity contribution in [3.05, 3.63) is 145 Å². The fraction of sp³-hybridized carbons (Fsp3) is 0.225. The monoisotopic (exact) mass is 775 g/mol. The van der Waals surface area contributed by atoms with Gasteiger partial charge in [-0.1, -0.05) is 42.5 Å².